The molecule has 0 bridgehead atoms. The SMILES string of the molecule is Cc1cccc(-c2cnn(CCO)c2)c1. The van der Waals surface area contributed by atoms with Crippen molar-refractivity contribution >= 4 is 0 Å². The molecule has 0 atom stereocenters. The van der Waals surface area contributed by atoms with Crippen LogP contribution >= 0.6 is 0 Å². The van der Waals surface area contributed by atoms with Gasteiger partial charge in [0.25, 0.3) is 0 Å². The zero-order valence-corrected chi connectivity index (χ0v) is 8.72. The Balaban J connectivity index is 2.29. The van der Waals surface area contributed by atoms with E-state index in [9.17, 15) is 0 Å². The summed E-state index contributed by atoms with van der Waals surface area (Å²) in [7, 11) is 0. The second kappa shape index (κ2) is 4.28. The molecule has 1 N–H and O–H groups in total. The third-order valence-electron chi connectivity index (χ3n) is 2.31. The molecule has 0 saturated heterocycles. The predicted molar refractivity (Wildman–Crippen MR) is 59.5 cm³/mol. The fraction of sp³-hybridized carbons (Fsp3) is 0.250. The van der Waals surface area contributed by atoms with Gasteiger partial charge in [-0.25, -0.2) is 0 Å². The highest BCUT2D eigenvalue weighted by atomic mass is 16.3. The van der Waals surface area contributed by atoms with Gasteiger partial charge in [0.1, 0.15) is 0 Å². The Kier molecular flexibility index (Phi) is 2.83. The first-order valence-corrected chi connectivity index (χ1v) is 5.00. The third-order valence-corrected chi connectivity index (χ3v) is 2.31. The topological polar surface area (TPSA) is 38.0 Å². The van der Waals surface area contributed by atoms with Crippen molar-refractivity contribution in [1.29, 1.82) is 0 Å². The lowest BCUT2D eigenvalue weighted by atomic mass is 10.1. The van der Waals surface area contributed by atoms with E-state index in [0.717, 1.165) is 5.56 Å². The number of aliphatic hydroxyl groups excluding tert-OH is 1. The van der Waals surface area contributed by atoms with Gasteiger partial charge in [-0.05, 0) is 12.5 Å². The molecule has 3 nitrogen and oxygen atoms in total. The first-order chi connectivity index (χ1) is 7.29. The monoisotopic (exact) mass is 202 g/mol. The maximum Gasteiger partial charge on any atom is 0.0641 e. The van der Waals surface area contributed by atoms with E-state index in [2.05, 4.69) is 30.2 Å². The summed E-state index contributed by atoms with van der Waals surface area (Å²) >= 11 is 0. The Hall–Kier alpha value is -1.61. The molecule has 0 aliphatic rings. The fourth-order valence-electron chi connectivity index (χ4n) is 1.56. The molecule has 2 rings (SSSR count). The Labute approximate surface area is 89.0 Å². The zero-order chi connectivity index (χ0) is 10.7. The van der Waals surface area contributed by atoms with Crippen LogP contribution in [0.3, 0.4) is 0 Å². The van der Waals surface area contributed by atoms with Crippen LogP contribution in [-0.4, -0.2) is 21.5 Å². The van der Waals surface area contributed by atoms with Crippen LogP contribution in [0.15, 0.2) is 36.7 Å². The molecule has 0 aliphatic heterocycles. The molecule has 0 saturated carbocycles. The summed E-state index contributed by atoms with van der Waals surface area (Å²) < 4.78 is 1.75. The first kappa shape index (κ1) is 9.93. The largest absolute Gasteiger partial charge is 0.394 e. The summed E-state index contributed by atoms with van der Waals surface area (Å²) in [6.07, 6.45) is 3.77. The van der Waals surface area contributed by atoms with Crippen molar-refractivity contribution in [2.75, 3.05) is 6.61 Å². The molecule has 0 fully saturated rings. The van der Waals surface area contributed by atoms with Crippen LogP contribution in [0.1, 0.15) is 5.56 Å². The lowest BCUT2D eigenvalue weighted by Gasteiger charge is -1.98. The molecule has 1 heterocycles. The Bertz CT molecular complexity index is 448. The third kappa shape index (κ3) is 2.25. The Morgan fingerprint density at radius 1 is 1.33 bits per heavy atom. The van der Waals surface area contributed by atoms with Gasteiger partial charge in [0, 0.05) is 11.8 Å². The van der Waals surface area contributed by atoms with Gasteiger partial charge in [0.2, 0.25) is 0 Å². The zero-order valence-electron chi connectivity index (χ0n) is 8.72. The number of hydrogen-bond acceptors (Lipinski definition) is 2. The predicted octanol–water partition coefficient (Wildman–Crippen LogP) is 1.85. The van der Waals surface area contributed by atoms with Crippen molar-refractivity contribution in [2.24, 2.45) is 0 Å². The van der Waals surface area contributed by atoms with E-state index in [4.69, 9.17) is 5.11 Å². The maximum atomic E-state index is 8.78. The molecule has 0 spiro atoms. The highest BCUT2D eigenvalue weighted by molar-refractivity contribution is 5.62. The first-order valence-electron chi connectivity index (χ1n) is 5.00. The van der Waals surface area contributed by atoms with E-state index >= 15 is 0 Å². The van der Waals surface area contributed by atoms with Gasteiger partial charge in [-0.1, -0.05) is 29.8 Å². The minimum atomic E-state index is 0.120. The van der Waals surface area contributed by atoms with Crippen molar-refractivity contribution in [3.05, 3.63) is 42.2 Å². The number of nitrogens with zero attached hydrogens (tertiary/aromatic N) is 2. The summed E-state index contributed by atoms with van der Waals surface area (Å²) in [4.78, 5) is 0. The van der Waals surface area contributed by atoms with E-state index in [1.54, 1.807) is 4.68 Å². The summed E-state index contributed by atoms with van der Waals surface area (Å²) in [6.45, 7) is 2.74. The number of rotatable bonds is 3. The Morgan fingerprint density at radius 2 is 2.20 bits per heavy atom. The molecule has 0 amide bonds. The van der Waals surface area contributed by atoms with Gasteiger partial charge in [-0.3, -0.25) is 4.68 Å². The second-order valence-corrected chi connectivity index (χ2v) is 3.59. The number of benzene rings is 1. The summed E-state index contributed by atoms with van der Waals surface area (Å²) in [5.74, 6) is 0. The van der Waals surface area contributed by atoms with Crippen molar-refractivity contribution < 1.29 is 5.11 Å². The molecular formula is C12H14N2O. The number of aromatic nitrogens is 2. The van der Waals surface area contributed by atoms with Gasteiger partial charge < -0.3 is 5.11 Å². The highest BCUT2D eigenvalue weighted by Crippen LogP contribution is 2.19. The van der Waals surface area contributed by atoms with Crippen molar-refractivity contribution in [3.8, 4) is 11.1 Å². The van der Waals surface area contributed by atoms with E-state index in [-0.39, 0.29) is 6.61 Å². The number of hydrogen-bond donors (Lipinski definition) is 1. The lowest BCUT2D eigenvalue weighted by molar-refractivity contribution is 0.269. The minimum absolute atomic E-state index is 0.120. The Morgan fingerprint density at radius 3 is 2.93 bits per heavy atom. The summed E-state index contributed by atoms with van der Waals surface area (Å²) in [5.41, 5.74) is 3.49. The van der Waals surface area contributed by atoms with Gasteiger partial charge in [-0.2, -0.15) is 5.10 Å². The second-order valence-electron chi connectivity index (χ2n) is 3.59. The summed E-state index contributed by atoms with van der Waals surface area (Å²) in [5, 5.41) is 13.0. The van der Waals surface area contributed by atoms with E-state index in [1.807, 2.05) is 18.5 Å². The maximum absolute atomic E-state index is 8.78. The number of aryl methyl sites for hydroxylation is 1. The molecule has 1 aromatic carbocycles. The van der Waals surface area contributed by atoms with E-state index in [0.29, 0.717) is 6.54 Å². The quantitative estimate of drug-likeness (QED) is 0.824. The van der Waals surface area contributed by atoms with Crippen LogP contribution in [0, 0.1) is 6.92 Å². The van der Waals surface area contributed by atoms with E-state index in [1.165, 1.54) is 11.1 Å². The molecule has 2 aromatic rings. The average Bonchev–Trinajstić information content (AvgIpc) is 2.67. The van der Waals surface area contributed by atoms with Gasteiger partial charge in [-0.15, -0.1) is 0 Å². The molecule has 0 aliphatic carbocycles. The fourth-order valence-corrected chi connectivity index (χ4v) is 1.56. The molecule has 1 aromatic heterocycles. The van der Waals surface area contributed by atoms with Crippen LogP contribution in [0.5, 0.6) is 0 Å². The average molecular weight is 202 g/mol. The molecule has 15 heavy (non-hydrogen) atoms. The van der Waals surface area contributed by atoms with E-state index < -0.39 is 0 Å². The van der Waals surface area contributed by atoms with Crippen molar-refractivity contribution in [3.63, 3.8) is 0 Å². The van der Waals surface area contributed by atoms with Crippen LogP contribution in [0.25, 0.3) is 11.1 Å². The van der Waals surface area contributed by atoms with Crippen LogP contribution in [-0.2, 0) is 6.54 Å². The smallest absolute Gasteiger partial charge is 0.0641 e. The lowest BCUT2D eigenvalue weighted by Crippen LogP contribution is -2.01. The number of aliphatic hydroxyl groups is 1. The molecule has 78 valence electrons. The van der Waals surface area contributed by atoms with Crippen molar-refractivity contribution in [1.82, 2.24) is 9.78 Å². The van der Waals surface area contributed by atoms with Gasteiger partial charge >= 0.3 is 0 Å². The standard InChI is InChI=1S/C12H14N2O/c1-10-3-2-4-11(7-10)12-8-13-14(9-12)5-6-15/h2-4,7-9,15H,5-6H2,1H3. The van der Waals surface area contributed by atoms with Crippen LogP contribution in [0.2, 0.25) is 0 Å². The van der Waals surface area contributed by atoms with Crippen LogP contribution < -0.4 is 0 Å². The molecule has 0 unspecified atom stereocenters. The molecule has 3 heteroatoms. The van der Waals surface area contributed by atoms with Gasteiger partial charge in [0.05, 0.1) is 19.3 Å². The normalized spacial score (nSPS) is 10.5. The summed E-state index contributed by atoms with van der Waals surface area (Å²) in [6, 6.07) is 8.29. The molecular weight excluding hydrogens is 188 g/mol. The van der Waals surface area contributed by atoms with Crippen LogP contribution in [0.4, 0.5) is 0 Å². The minimum Gasteiger partial charge on any atom is -0.394 e. The highest BCUT2D eigenvalue weighted by Gasteiger charge is 2.01. The molecule has 0 radical (unpaired) electrons. The van der Waals surface area contributed by atoms with Gasteiger partial charge in [0.15, 0.2) is 0 Å². The van der Waals surface area contributed by atoms with Crippen molar-refractivity contribution in [2.45, 2.75) is 13.5 Å².